The second kappa shape index (κ2) is 8.11. The summed E-state index contributed by atoms with van der Waals surface area (Å²) in [4.78, 5) is 14.5. The smallest absolute Gasteiger partial charge is 0.241 e. The Kier molecular flexibility index (Phi) is 5.64. The van der Waals surface area contributed by atoms with Crippen LogP contribution in [-0.2, 0) is 16.0 Å². The van der Waals surface area contributed by atoms with Gasteiger partial charge in [-0.25, -0.2) is 0 Å². The molecule has 0 bridgehead atoms. The molecule has 7 heteroatoms. The van der Waals surface area contributed by atoms with E-state index in [2.05, 4.69) is 16.3 Å². The summed E-state index contributed by atoms with van der Waals surface area (Å²) in [5.41, 5.74) is 1.65. The van der Waals surface area contributed by atoms with Gasteiger partial charge in [-0.1, -0.05) is 26.0 Å². The summed E-state index contributed by atoms with van der Waals surface area (Å²) in [7, 11) is 0. The standard InChI is InChI=1S/C19H22N4O3/c1-13(2)18-21-22-19(26-18)16-12-25-10-9-23(16)17(24)8-7-14-3-5-15(11-20)6-4-14/h3-6,13,16H,7-10,12H2,1-2H3. The van der Waals surface area contributed by atoms with Crippen LogP contribution in [0.2, 0.25) is 0 Å². The third kappa shape index (κ3) is 4.09. The van der Waals surface area contributed by atoms with E-state index in [9.17, 15) is 4.79 Å². The number of nitriles is 1. The van der Waals surface area contributed by atoms with Gasteiger partial charge in [0.1, 0.15) is 6.04 Å². The fourth-order valence-corrected chi connectivity index (χ4v) is 2.86. The molecule has 1 amide bonds. The lowest BCUT2D eigenvalue weighted by atomic mass is 10.1. The van der Waals surface area contributed by atoms with Gasteiger partial charge < -0.3 is 14.1 Å². The Bertz CT molecular complexity index is 792. The molecule has 26 heavy (non-hydrogen) atoms. The first kappa shape index (κ1) is 18.1. The van der Waals surface area contributed by atoms with Crippen LogP contribution in [0.15, 0.2) is 28.7 Å². The molecule has 1 unspecified atom stereocenters. The van der Waals surface area contributed by atoms with Crippen LogP contribution in [0, 0.1) is 11.3 Å². The number of morpholine rings is 1. The fourth-order valence-electron chi connectivity index (χ4n) is 2.86. The lowest BCUT2D eigenvalue weighted by Crippen LogP contribution is -2.43. The Morgan fingerprint density at radius 3 is 2.77 bits per heavy atom. The molecule has 1 aromatic carbocycles. The van der Waals surface area contributed by atoms with E-state index in [0.29, 0.717) is 49.9 Å². The number of ether oxygens (including phenoxy) is 1. The number of nitrogens with zero attached hydrogens (tertiary/aromatic N) is 4. The topological polar surface area (TPSA) is 92.3 Å². The molecule has 3 rings (SSSR count). The minimum atomic E-state index is -0.336. The van der Waals surface area contributed by atoms with Crippen molar-refractivity contribution in [3.63, 3.8) is 0 Å². The molecule has 1 aromatic heterocycles. The lowest BCUT2D eigenvalue weighted by Gasteiger charge is -2.33. The first-order valence-corrected chi connectivity index (χ1v) is 8.78. The van der Waals surface area contributed by atoms with E-state index in [4.69, 9.17) is 14.4 Å². The van der Waals surface area contributed by atoms with E-state index in [0.717, 1.165) is 5.56 Å². The predicted octanol–water partition coefficient (Wildman–Crippen LogP) is 2.60. The number of carbonyl (C=O) groups excluding carboxylic acids is 1. The summed E-state index contributed by atoms with van der Waals surface area (Å²) >= 11 is 0. The number of hydrogen-bond acceptors (Lipinski definition) is 6. The van der Waals surface area contributed by atoms with Crippen LogP contribution in [0.3, 0.4) is 0 Å². The van der Waals surface area contributed by atoms with Gasteiger partial charge in [0.05, 0.1) is 24.8 Å². The molecule has 0 aliphatic carbocycles. The first-order chi connectivity index (χ1) is 12.6. The second-order valence-electron chi connectivity index (χ2n) is 6.62. The number of aryl methyl sites for hydroxylation is 1. The zero-order chi connectivity index (χ0) is 18.5. The highest BCUT2D eigenvalue weighted by Crippen LogP contribution is 2.26. The molecule has 136 valence electrons. The van der Waals surface area contributed by atoms with E-state index >= 15 is 0 Å². The molecule has 0 N–H and O–H groups in total. The Morgan fingerprint density at radius 1 is 1.35 bits per heavy atom. The fraction of sp³-hybridized carbons (Fsp3) is 0.474. The Hall–Kier alpha value is -2.72. The van der Waals surface area contributed by atoms with Gasteiger partial charge in [0.25, 0.3) is 0 Å². The van der Waals surface area contributed by atoms with Gasteiger partial charge in [0.15, 0.2) is 0 Å². The first-order valence-electron chi connectivity index (χ1n) is 8.78. The summed E-state index contributed by atoms with van der Waals surface area (Å²) < 4.78 is 11.2. The molecule has 1 fully saturated rings. The van der Waals surface area contributed by atoms with E-state index < -0.39 is 0 Å². The number of amides is 1. The van der Waals surface area contributed by atoms with Gasteiger partial charge in [-0.15, -0.1) is 10.2 Å². The van der Waals surface area contributed by atoms with Gasteiger partial charge in [-0.2, -0.15) is 5.26 Å². The van der Waals surface area contributed by atoms with Gasteiger partial charge >= 0.3 is 0 Å². The molecule has 2 aromatic rings. The van der Waals surface area contributed by atoms with Gasteiger partial charge in [0, 0.05) is 18.9 Å². The summed E-state index contributed by atoms with van der Waals surface area (Å²) in [6.45, 7) is 5.34. The normalized spacial score (nSPS) is 17.3. The largest absolute Gasteiger partial charge is 0.423 e. The third-order valence-electron chi connectivity index (χ3n) is 4.39. The van der Waals surface area contributed by atoms with Crippen LogP contribution in [0.25, 0.3) is 0 Å². The quantitative estimate of drug-likeness (QED) is 0.819. The van der Waals surface area contributed by atoms with E-state index in [1.54, 1.807) is 17.0 Å². The molecule has 0 radical (unpaired) electrons. The summed E-state index contributed by atoms with van der Waals surface area (Å²) in [5.74, 6) is 1.17. The highest BCUT2D eigenvalue weighted by molar-refractivity contribution is 5.77. The molecule has 1 aliphatic heterocycles. The van der Waals surface area contributed by atoms with Crippen molar-refractivity contribution < 1.29 is 13.9 Å². The van der Waals surface area contributed by atoms with Crippen LogP contribution < -0.4 is 0 Å². The summed E-state index contributed by atoms with van der Waals surface area (Å²) in [6, 6.07) is 9.06. The Morgan fingerprint density at radius 2 is 2.12 bits per heavy atom. The Labute approximate surface area is 152 Å². The molecule has 2 heterocycles. The van der Waals surface area contributed by atoms with Crippen molar-refractivity contribution in [2.45, 2.75) is 38.6 Å². The summed E-state index contributed by atoms with van der Waals surface area (Å²) in [5, 5.41) is 17.0. The predicted molar refractivity (Wildman–Crippen MR) is 93.1 cm³/mol. The number of carbonyl (C=O) groups is 1. The molecular formula is C19H22N4O3. The molecule has 1 atom stereocenters. The van der Waals surface area contributed by atoms with Gasteiger partial charge in [-0.3, -0.25) is 4.79 Å². The summed E-state index contributed by atoms with van der Waals surface area (Å²) in [6.07, 6.45) is 1.00. The third-order valence-corrected chi connectivity index (χ3v) is 4.39. The minimum absolute atomic E-state index is 0.0342. The van der Waals surface area contributed by atoms with Crippen molar-refractivity contribution in [2.75, 3.05) is 19.8 Å². The molecule has 1 saturated heterocycles. The SMILES string of the molecule is CC(C)c1nnc(C2COCCN2C(=O)CCc2ccc(C#N)cc2)o1. The Balaban J connectivity index is 1.66. The second-order valence-corrected chi connectivity index (χ2v) is 6.62. The lowest BCUT2D eigenvalue weighted by molar-refractivity contribution is -0.141. The van der Waals surface area contributed by atoms with Crippen molar-refractivity contribution in [1.29, 1.82) is 5.26 Å². The van der Waals surface area contributed by atoms with Crippen molar-refractivity contribution >= 4 is 5.91 Å². The average molecular weight is 354 g/mol. The maximum Gasteiger partial charge on any atom is 0.241 e. The van der Waals surface area contributed by atoms with Gasteiger partial charge in [-0.05, 0) is 24.1 Å². The maximum absolute atomic E-state index is 12.7. The highest BCUT2D eigenvalue weighted by Gasteiger charge is 2.32. The van der Waals surface area contributed by atoms with Crippen molar-refractivity contribution in [2.24, 2.45) is 0 Å². The van der Waals surface area contributed by atoms with Crippen LogP contribution in [0.1, 0.15) is 55.1 Å². The number of benzene rings is 1. The van der Waals surface area contributed by atoms with Gasteiger partial charge in [0.2, 0.25) is 17.7 Å². The van der Waals surface area contributed by atoms with Crippen LogP contribution in [0.4, 0.5) is 0 Å². The van der Waals surface area contributed by atoms with Crippen molar-refractivity contribution in [3.8, 4) is 6.07 Å². The number of aromatic nitrogens is 2. The monoisotopic (exact) mass is 354 g/mol. The van der Waals surface area contributed by atoms with Crippen molar-refractivity contribution in [3.05, 3.63) is 47.2 Å². The zero-order valence-electron chi connectivity index (χ0n) is 15.0. The maximum atomic E-state index is 12.7. The van der Waals surface area contributed by atoms with Crippen LogP contribution in [-0.4, -0.2) is 40.8 Å². The van der Waals surface area contributed by atoms with E-state index in [1.807, 2.05) is 26.0 Å². The highest BCUT2D eigenvalue weighted by atomic mass is 16.5. The molecule has 7 nitrogen and oxygen atoms in total. The number of hydrogen-bond donors (Lipinski definition) is 0. The van der Waals surface area contributed by atoms with E-state index in [1.165, 1.54) is 0 Å². The number of rotatable bonds is 5. The molecular weight excluding hydrogens is 332 g/mol. The van der Waals surface area contributed by atoms with Crippen LogP contribution >= 0.6 is 0 Å². The molecule has 0 saturated carbocycles. The van der Waals surface area contributed by atoms with Crippen molar-refractivity contribution in [1.82, 2.24) is 15.1 Å². The molecule has 0 spiro atoms. The van der Waals surface area contributed by atoms with E-state index in [-0.39, 0.29) is 17.9 Å². The average Bonchev–Trinajstić information content (AvgIpc) is 3.17. The van der Waals surface area contributed by atoms with Crippen LogP contribution in [0.5, 0.6) is 0 Å². The molecule has 1 aliphatic rings. The minimum Gasteiger partial charge on any atom is -0.423 e. The zero-order valence-corrected chi connectivity index (χ0v) is 15.0.